The van der Waals surface area contributed by atoms with Crippen molar-refractivity contribution in [1.29, 1.82) is 0 Å². The van der Waals surface area contributed by atoms with Crippen LogP contribution in [-0.4, -0.2) is 30.6 Å². The Bertz CT molecular complexity index is 741. The second kappa shape index (κ2) is 8.58. The monoisotopic (exact) mass is 414 g/mol. The number of quaternary nitrogens is 1. The molecule has 0 radical (unpaired) electrons. The molecule has 30 heavy (non-hydrogen) atoms. The first-order valence-corrected chi connectivity index (χ1v) is 11.5. The lowest BCUT2D eigenvalue weighted by atomic mass is 9.53. The Balaban J connectivity index is 1.31. The van der Waals surface area contributed by atoms with Crippen LogP contribution in [0.3, 0.4) is 0 Å². The Hall–Kier alpha value is -2.08. The van der Waals surface area contributed by atoms with Crippen LogP contribution in [0.2, 0.25) is 0 Å². The summed E-state index contributed by atoms with van der Waals surface area (Å²) >= 11 is 0. The molecule has 0 unspecified atom stereocenters. The van der Waals surface area contributed by atoms with E-state index in [1.54, 1.807) is 7.11 Å². The standard InChI is InChI=1S/C24H35N3O3/c1-4-21(19-5-7-20(30-3)8-6-19)25-15(2)22(28)26-23(29)27-24-12-16-9-17(13-24)11-18(10-16)14-24/h5-8,15-18,21,25H,4,9-14H2,1-3H3,(H2,26,27,28,29)/p+1/t15-,16?,17?,18?,21+,24?/m0/s1. The molecule has 6 heteroatoms. The number of ether oxygens (including phenoxy) is 1. The summed E-state index contributed by atoms with van der Waals surface area (Å²) in [6, 6.07) is 7.44. The third kappa shape index (κ3) is 4.48. The van der Waals surface area contributed by atoms with E-state index in [4.69, 9.17) is 4.74 Å². The maximum absolute atomic E-state index is 12.7. The molecule has 2 atom stereocenters. The highest BCUT2D eigenvalue weighted by Crippen LogP contribution is 2.55. The zero-order valence-corrected chi connectivity index (χ0v) is 18.4. The van der Waals surface area contributed by atoms with E-state index in [0.717, 1.165) is 54.7 Å². The molecule has 0 aliphatic heterocycles. The van der Waals surface area contributed by atoms with Crippen LogP contribution in [0.5, 0.6) is 5.75 Å². The number of nitrogens with two attached hydrogens (primary N) is 1. The van der Waals surface area contributed by atoms with E-state index >= 15 is 0 Å². The molecule has 3 amide bonds. The van der Waals surface area contributed by atoms with Gasteiger partial charge in [-0.05, 0) is 87.5 Å². The van der Waals surface area contributed by atoms with Crippen LogP contribution >= 0.6 is 0 Å². The van der Waals surface area contributed by atoms with Gasteiger partial charge in [-0.25, -0.2) is 4.79 Å². The Morgan fingerprint density at radius 2 is 1.67 bits per heavy atom. The van der Waals surface area contributed by atoms with Crippen LogP contribution in [0.25, 0.3) is 0 Å². The van der Waals surface area contributed by atoms with E-state index < -0.39 is 0 Å². The zero-order chi connectivity index (χ0) is 21.3. The smallest absolute Gasteiger partial charge is 0.322 e. The first-order chi connectivity index (χ1) is 14.4. The van der Waals surface area contributed by atoms with Crippen molar-refractivity contribution < 1.29 is 19.6 Å². The molecule has 1 aromatic carbocycles. The van der Waals surface area contributed by atoms with Crippen molar-refractivity contribution in [2.75, 3.05) is 7.11 Å². The highest BCUT2D eigenvalue weighted by molar-refractivity contribution is 5.96. The van der Waals surface area contributed by atoms with Crippen molar-refractivity contribution in [1.82, 2.24) is 10.6 Å². The number of urea groups is 1. The van der Waals surface area contributed by atoms with E-state index in [1.165, 1.54) is 19.3 Å². The second-order valence-electron chi connectivity index (χ2n) is 9.91. The van der Waals surface area contributed by atoms with Gasteiger partial charge >= 0.3 is 6.03 Å². The summed E-state index contributed by atoms with van der Waals surface area (Å²) < 4.78 is 5.23. The minimum atomic E-state index is -0.348. The van der Waals surface area contributed by atoms with Gasteiger partial charge < -0.3 is 15.4 Å². The Kier molecular flexibility index (Phi) is 6.05. The van der Waals surface area contributed by atoms with Crippen LogP contribution in [0.15, 0.2) is 24.3 Å². The maximum Gasteiger partial charge on any atom is 0.322 e. The Labute approximate surface area is 179 Å². The van der Waals surface area contributed by atoms with Crippen molar-refractivity contribution in [2.45, 2.75) is 76.4 Å². The Morgan fingerprint density at radius 1 is 1.10 bits per heavy atom. The van der Waals surface area contributed by atoms with Gasteiger partial charge in [-0.15, -0.1) is 0 Å². The van der Waals surface area contributed by atoms with Crippen LogP contribution in [0.1, 0.15) is 70.4 Å². The molecule has 0 saturated heterocycles. The van der Waals surface area contributed by atoms with E-state index in [2.05, 4.69) is 17.6 Å². The molecule has 4 fully saturated rings. The minimum absolute atomic E-state index is 0.0822. The number of nitrogens with one attached hydrogen (secondary N) is 2. The molecule has 4 saturated carbocycles. The van der Waals surface area contributed by atoms with Gasteiger partial charge in [0.15, 0.2) is 6.04 Å². The molecule has 4 bridgehead atoms. The fourth-order valence-corrected chi connectivity index (χ4v) is 6.53. The predicted molar refractivity (Wildman–Crippen MR) is 115 cm³/mol. The maximum atomic E-state index is 12.7. The summed E-state index contributed by atoms with van der Waals surface area (Å²) in [5, 5.41) is 7.87. The molecule has 0 aromatic heterocycles. The fourth-order valence-electron chi connectivity index (χ4n) is 6.53. The quantitative estimate of drug-likeness (QED) is 0.641. The van der Waals surface area contributed by atoms with Gasteiger partial charge in [-0.3, -0.25) is 10.1 Å². The van der Waals surface area contributed by atoms with E-state index in [-0.39, 0.29) is 29.6 Å². The zero-order valence-electron chi connectivity index (χ0n) is 18.4. The van der Waals surface area contributed by atoms with Crippen molar-refractivity contribution in [3.05, 3.63) is 29.8 Å². The van der Waals surface area contributed by atoms with Gasteiger partial charge in [-0.2, -0.15) is 0 Å². The second-order valence-corrected chi connectivity index (χ2v) is 9.91. The first-order valence-electron chi connectivity index (χ1n) is 11.5. The van der Waals surface area contributed by atoms with Crippen molar-refractivity contribution in [2.24, 2.45) is 17.8 Å². The van der Waals surface area contributed by atoms with Gasteiger partial charge in [0.2, 0.25) is 0 Å². The topological polar surface area (TPSA) is 84.0 Å². The molecule has 4 aliphatic rings. The van der Waals surface area contributed by atoms with Crippen LogP contribution in [0.4, 0.5) is 4.79 Å². The molecule has 0 heterocycles. The average Bonchev–Trinajstić information content (AvgIpc) is 2.70. The number of benzene rings is 1. The lowest BCUT2D eigenvalue weighted by Gasteiger charge is -2.56. The van der Waals surface area contributed by atoms with E-state index in [1.807, 2.05) is 36.5 Å². The van der Waals surface area contributed by atoms with Gasteiger partial charge in [-0.1, -0.05) is 6.92 Å². The van der Waals surface area contributed by atoms with E-state index in [0.29, 0.717) is 0 Å². The first kappa shape index (κ1) is 21.2. The Morgan fingerprint density at radius 3 is 2.17 bits per heavy atom. The number of hydrogen-bond acceptors (Lipinski definition) is 3. The summed E-state index contributed by atoms with van der Waals surface area (Å²) in [5.74, 6) is 2.86. The number of amides is 3. The molecular formula is C24H36N3O3+. The third-order valence-electron chi connectivity index (χ3n) is 7.57. The molecule has 4 N–H and O–H groups in total. The van der Waals surface area contributed by atoms with Crippen LogP contribution in [-0.2, 0) is 4.79 Å². The van der Waals surface area contributed by atoms with E-state index in [9.17, 15) is 9.59 Å². The fraction of sp³-hybridized carbons (Fsp3) is 0.667. The van der Waals surface area contributed by atoms with Gasteiger partial charge in [0, 0.05) is 17.5 Å². The van der Waals surface area contributed by atoms with Crippen molar-refractivity contribution in [3.8, 4) is 5.75 Å². The number of carbonyl (C=O) groups excluding carboxylic acids is 2. The molecule has 6 nitrogen and oxygen atoms in total. The molecular weight excluding hydrogens is 378 g/mol. The molecule has 5 rings (SSSR count). The molecule has 0 spiro atoms. The van der Waals surface area contributed by atoms with Crippen molar-refractivity contribution >= 4 is 11.9 Å². The summed E-state index contributed by atoms with van der Waals surface area (Å²) in [6.07, 6.45) is 8.13. The summed E-state index contributed by atoms with van der Waals surface area (Å²) in [5.41, 5.74) is 1.07. The number of carbonyl (C=O) groups is 2. The van der Waals surface area contributed by atoms with Crippen molar-refractivity contribution in [3.63, 3.8) is 0 Å². The van der Waals surface area contributed by atoms with Crippen LogP contribution < -0.4 is 20.7 Å². The molecule has 4 aliphatic carbocycles. The number of imide groups is 1. The average molecular weight is 415 g/mol. The lowest BCUT2D eigenvalue weighted by Crippen LogP contribution is -2.92. The highest BCUT2D eigenvalue weighted by Gasteiger charge is 2.51. The highest BCUT2D eigenvalue weighted by atomic mass is 16.5. The molecule has 164 valence electrons. The number of methoxy groups -OCH3 is 1. The number of hydrogen-bond donors (Lipinski definition) is 3. The summed E-state index contributed by atoms with van der Waals surface area (Å²) in [7, 11) is 1.65. The van der Waals surface area contributed by atoms with Crippen LogP contribution in [0, 0.1) is 17.8 Å². The van der Waals surface area contributed by atoms with Gasteiger partial charge in [0.05, 0.1) is 7.11 Å². The number of rotatable bonds is 7. The molecule has 1 aromatic rings. The predicted octanol–water partition coefficient (Wildman–Crippen LogP) is 2.89. The minimum Gasteiger partial charge on any atom is -0.497 e. The van der Waals surface area contributed by atoms with Gasteiger partial charge in [0.1, 0.15) is 11.8 Å². The third-order valence-corrected chi connectivity index (χ3v) is 7.57. The largest absolute Gasteiger partial charge is 0.497 e. The lowest BCUT2D eigenvalue weighted by molar-refractivity contribution is -0.713. The summed E-state index contributed by atoms with van der Waals surface area (Å²) in [4.78, 5) is 25.4. The summed E-state index contributed by atoms with van der Waals surface area (Å²) in [6.45, 7) is 3.97. The SMILES string of the molecule is CC[C@@H]([NH2+][C@@H](C)C(=O)NC(=O)NC12CC3CC(CC(C3)C1)C2)c1ccc(OC)cc1. The normalized spacial score (nSPS) is 31.1. The van der Waals surface area contributed by atoms with Gasteiger partial charge in [0.25, 0.3) is 5.91 Å².